The minimum Gasteiger partial charge on any atom is -0.481 e. The SMILES string of the molecule is O=C(O)CC(=O)OCC1OC(OC2CC3C(O)CC(OC4OC(COC(=O)C5CCC(OC6OC(COC(=O)C7CCC(O)CC7)C(O)C(O)C6O)CC5)C(O)C(O)C4OC4OC(COC(=O)C5CCC(O)CC5)C(O)C(O)C4O)CC3OC2C2CC(O)C(O)C(O)C2)C(O)C(O)C1O. The molecule has 36 nitrogen and oxygen atoms in total. The Hall–Kier alpha value is -3.69. The average Bonchev–Trinajstić information content (AvgIpc) is 0.769. The van der Waals surface area contributed by atoms with Crippen LogP contribution in [-0.2, 0) is 85.6 Å². The van der Waals surface area contributed by atoms with Gasteiger partial charge in [-0.2, -0.15) is 0 Å². The van der Waals surface area contributed by atoms with Crippen molar-refractivity contribution >= 4 is 29.8 Å². The second-order valence-corrected chi connectivity index (χ2v) is 28.3. The van der Waals surface area contributed by atoms with Crippen molar-refractivity contribution in [2.24, 2.45) is 29.6 Å². The molecule has 10 rings (SSSR count). The Morgan fingerprint density at radius 1 is 0.343 bits per heavy atom. The maximum atomic E-state index is 13.8. The molecular weight excluding hydrogens is 1330 g/mol. The predicted octanol–water partition coefficient (Wildman–Crippen LogP) is -7.24. The number of carbonyl (C=O) groups excluding carboxylic acids is 4. The van der Waals surface area contributed by atoms with Crippen LogP contribution in [0.5, 0.6) is 0 Å². The van der Waals surface area contributed by atoms with E-state index in [9.17, 15) is 111 Å². The van der Waals surface area contributed by atoms with Gasteiger partial charge in [0.1, 0.15) is 137 Å². The lowest BCUT2D eigenvalue weighted by Crippen LogP contribution is -2.65. The molecule has 28 unspecified atom stereocenters. The fourth-order valence-corrected chi connectivity index (χ4v) is 15.3. The molecule has 28 atom stereocenters. The second kappa shape index (κ2) is 34.5. The average molecular weight is 1430 g/mol. The maximum absolute atomic E-state index is 13.8. The highest BCUT2D eigenvalue weighted by Crippen LogP contribution is 2.46. The highest BCUT2D eigenvalue weighted by molar-refractivity contribution is 5.90. The second-order valence-electron chi connectivity index (χ2n) is 28.3. The largest absolute Gasteiger partial charge is 0.481 e. The molecule has 5 aliphatic heterocycles. The van der Waals surface area contributed by atoms with Crippen LogP contribution in [0.2, 0.25) is 0 Å². The van der Waals surface area contributed by atoms with E-state index in [2.05, 4.69) is 0 Å². The Morgan fingerprint density at radius 3 is 1.19 bits per heavy atom. The summed E-state index contributed by atoms with van der Waals surface area (Å²) >= 11 is 0. The van der Waals surface area contributed by atoms with Gasteiger partial charge in [0.2, 0.25) is 0 Å². The fraction of sp³-hybridized carbons (Fsp3) is 0.921. The van der Waals surface area contributed by atoms with Crippen molar-refractivity contribution in [1.82, 2.24) is 0 Å². The lowest BCUT2D eigenvalue weighted by atomic mass is 9.72. The van der Waals surface area contributed by atoms with Crippen molar-refractivity contribution in [3.8, 4) is 0 Å². The van der Waals surface area contributed by atoms with Crippen LogP contribution in [0.3, 0.4) is 0 Å². The molecule has 0 aromatic carbocycles. The molecule has 0 aromatic rings. The van der Waals surface area contributed by atoms with Gasteiger partial charge in [-0.1, -0.05) is 0 Å². The zero-order chi connectivity index (χ0) is 71.4. The predicted molar refractivity (Wildman–Crippen MR) is 317 cm³/mol. The van der Waals surface area contributed by atoms with Gasteiger partial charge in [-0.25, -0.2) is 0 Å². The number of rotatable bonds is 22. The minimum atomic E-state index is -2.09. The Labute approximate surface area is 567 Å². The number of carbonyl (C=O) groups is 5. The van der Waals surface area contributed by atoms with E-state index in [1.165, 1.54) is 0 Å². The van der Waals surface area contributed by atoms with Gasteiger partial charge >= 0.3 is 29.8 Å². The summed E-state index contributed by atoms with van der Waals surface area (Å²) in [4.78, 5) is 62.9. The first kappa shape index (κ1) is 77.9. The van der Waals surface area contributed by atoms with E-state index >= 15 is 0 Å². The molecule has 0 amide bonds. The highest BCUT2D eigenvalue weighted by Gasteiger charge is 2.57. The third kappa shape index (κ3) is 18.9. The molecule has 99 heavy (non-hydrogen) atoms. The van der Waals surface area contributed by atoms with E-state index in [1.54, 1.807) is 0 Å². The standard InChI is InChI=1S/C63H98O36/c64-27-7-1-23(2-8-27)57(84)88-20-38-45(74)48(77)52(81)60(95-38)91-29-11-5-25(6-12-29)59(86)90-22-40-47(76)51(80)56(99-62-54(83)50(79)46(75)39(97-62)21-89-58(85)24-3-9-28(65)10-4-24)63(98-40)92-30-15-32(66)31-17-36(55(93-35(31)16-30)26-13-33(67)43(72)34(68)14-26)94-61-53(82)49(78)44(73)37(96-61)19-87-42(71)18-41(69)70/h23-40,43-56,60-68,72-83H,1-22H2,(H,69,70). The van der Waals surface area contributed by atoms with E-state index in [0.29, 0.717) is 51.4 Å². The number of hydrogen-bond donors (Lipinski definition) is 18. The van der Waals surface area contributed by atoms with E-state index in [-0.39, 0.29) is 57.8 Å². The van der Waals surface area contributed by atoms with Gasteiger partial charge in [-0.3, -0.25) is 24.0 Å². The third-order valence-electron chi connectivity index (χ3n) is 21.4. The van der Waals surface area contributed by atoms with Crippen LogP contribution in [-0.4, -0.2) is 338 Å². The van der Waals surface area contributed by atoms with Gasteiger partial charge in [0.25, 0.3) is 0 Å². The summed E-state index contributed by atoms with van der Waals surface area (Å²) < 4.78 is 77.0. The zero-order valence-corrected chi connectivity index (χ0v) is 54.2. The number of fused-ring (bicyclic) bond motifs is 1. The molecule has 566 valence electrons. The van der Waals surface area contributed by atoms with Crippen LogP contribution >= 0.6 is 0 Å². The number of aliphatic hydroxyl groups excluding tert-OH is 17. The number of hydrogen-bond acceptors (Lipinski definition) is 35. The maximum Gasteiger partial charge on any atom is 0.317 e. The van der Waals surface area contributed by atoms with Crippen molar-refractivity contribution in [2.75, 3.05) is 26.4 Å². The zero-order valence-electron chi connectivity index (χ0n) is 54.2. The van der Waals surface area contributed by atoms with Crippen molar-refractivity contribution in [1.29, 1.82) is 0 Å². The molecule has 0 bridgehead atoms. The topological polar surface area (TPSA) is 569 Å². The lowest BCUT2D eigenvalue weighted by molar-refractivity contribution is -0.375. The fourth-order valence-electron chi connectivity index (χ4n) is 15.3. The summed E-state index contributed by atoms with van der Waals surface area (Å²) in [6, 6.07) is 0. The summed E-state index contributed by atoms with van der Waals surface area (Å²) in [7, 11) is 0. The molecule has 36 heteroatoms. The Morgan fingerprint density at radius 2 is 0.737 bits per heavy atom. The summed E-state index contributed by atoms with van der Waals surface area (Å²) in [6.07, 6.45) is -46.8. The number of ether oxygens (including phenoxy) is 13. The third-order valence-corrected chi connectivity index (χ3v) is 21.4. The number of aliphatic hydroxyl groups is 17. The van der Waals surface area contributed by atoms with Crippen molar-refractivity contribution < 1.29 is 177 Å². The van der Waals surface area contributed by atoms with Crippen molar-refractivity contribution in [3.63, 3.8) is 0 Å². The molecule has 0 radical (unpaired) electrons. The molecule has 5 saturated heterocycles. The van der Waals surface area contributed by atoms with Crippen molar-refractivity contribution in [2.45, 2.75) is 306 Å². The molecular formula is C63H98O36. The highest BCUT2D eigenvalue weighted by atomic mass is 16.8. The first-order chi connectivity index (χ1) is 47.0. The van der Waals surface area contributed by atoms with Gasteiger partial charge in [0.05, 0.1) is 78.8 Å². The first-order valence-electron chi connectivity index (χ1n) is 34.4. The van der Waals surface area contributed by atoms with Crippen LogP contribution in [0, 0.1) is 29.6 Å². The minimum absolute atomic E-state index is 0.135. The van der Waals surface area contributed by atoms with Crippen LogP contribution in [0.25, 0.3) is 0 Å². The van der Waals surface area contributed by atoms with Gasteiger partial charge in [0, 0.05) is 18.8 Å². The van der Waals surface area contributed by atoms with Crippen LogP contribution in [0.15, 0.2) is 0 Å². The first-order valence-corrected chi connectivity index (χ1v) is 34.4. The molecule has 0 aromatic heterocycles. The molecule has 5 aliphatic carbocycles. The van der Waals surface area contributed by atoms with Gasteiger partial charge < -0.3 is 153 Å². The number of carboxylic acids is 1. The van der Waals surface area contributed by atoms with E-state index in [0.717, 1.165) is 0 Å². The summed E-state index contributed by atoms with van der Waals surface area (Å²) in [5.41, 5.74) is 0. The van der Waals surface area contributed by atoms with Crippen LogP contribution < -0.4 is 0 Å². The van der Waals surface area contributed by atoms with E-state index in [4.69, 9.17) is 66.7 Å². The summed E-state index contributed by atoms with van der Waals surface area (Å²) in [5, 5.41) is 196. The van der Waals surface area contributed by atoms with Gasteiger partial charge in [-0.05, 0) is 102 Å². The molecule has 5 heterocycles. The van der Waals surface area contributed by atoms with Crippen LogP contribution in [0.1, 0.15) is 116 Å². The lowest BCUT2D eigenvalue weighted by Gasteiger charge is -2.52. The smallest absolute Gasteiger partial charge is 0.317 e. The molecule has 5 saturated carbocycles. The monoisotopic (exact) mass is 1430 g/mol. The quantitative estimate of drug-likeness (QED) is 0.0272. The molecule has 10 aliphatic rings. The number of aliphatic carboxylic acids is 1. The van der Waals surface area contributed by atoms with Crippen molar-refractivity contribution in [3.05, 3.63) is 0 Å². The molecule has 10 fully saturated rings. The van der Waals surface area contributed by atoms with Gasteiger partial charge in [0.15, 0.2) is 25.2 Å². The Balaban J connectivity index is 0.813. The summed E-state index contributed by atoms with van der Waals surface area (Å²) in [6.45, 7) is -2.66. The molecule has 0 spiro atoms. The van der Waals surface area contributed by atoms with Gasteiger partial charge in [-0.15, -0.1) is 0 Å². The number of carboxylic acid groups (broad SMARTS) is 1. The summed E-state index contributed by atoms with van der Waals surface area (Å²) in [5.74, 6) is -8.30. The van der Waals surface area contributed by atoms with Crippen LogP contribution in [0.4, 0.5) is 0 Å². The Kier molecular flexibility index (Phi) is 27.1. The molecule has 18 N–H and O–H groups in total. The van der Waals surface area contributed by atoms with E-state index in [1.807, 2.05) is 0 Å². The number of esters is 4. The normalized spacial score (nSPS) is 47.6. The van der Waals surface area contributed by atoms with E-state index < -0.39 is 282 Å². The Bertz CT molecular complexity index is 2610.